The third-order valence-electron chi connectivity index (χ3n) is 4.27. The van der Waals surface area contributed by atoms with Crippen molar-refractivity contribution in [3.8, 4) is 0 Å². The van der Waals surface area contributed by atoms with Crippen LogP contribution >= 0.6 is 0 Å². The van der Waals surface area contributed by atoms with Crippen molar-refractivity contribution in [3.05, 3.63) is 58.7 Å². The lowest BCUT2D eigenvalue weighted by atomic mass is 9.80. The number of anilines is 2. The summed E-state index contributed by atoms with van der Waals surface area (Å²) in [5, 5.41) is 46.0. The van der Waals surface area contributed by atoms with E-state index in [4.69, 9.17) is 10.2 Å². The van der Waals surface area contributed by atoms with Gasteiger partial charge in [0.2, 0.25) is 0 Å². The molecule has 3 rings (SSSR count). The molecule has 6 heteroatoms. The van der Waals surface area contributed by atoms with Crippen LogP contribution in [0.1, 0.15) is 34.5 Å². The first-order valence-corrected chi connectivity index (χ1v) is 8.00. The largest absolute Gasteiger partial charge is 0.395 e. The number of hydrogen-bond acceptors (Lipinski definition) is 6. The van der Waals surface area contributed by atoms with Crippen LogP contribution in [-0.2, 0) is 0 Å². The third-order valence-corrected chi connectivity index (χ3v) is 4.27. The van der Waals surface area contributed by atoms with Crippen LogP contribution in [0, 0.1) is 0 Å². The molecule has 2 unspecified atom stereocenters. The lowest BCUT2D eigenvalue weighted by Crippen LogP contribution is -2.22. The van der Waals surface area contributed by atoms with Gasteiger partial charge in [-0.05, 0) is 23.3 Å². The van der Waals surface area contributed by atoms with Gasteiger partial charge in [0.25, 0.3) is 0 Å². The van der Waals surface area contributed by atoms with E-state index < -0.39 is 12.2 Å². The van der Waals surface area contributed by atoms with Crippen LogP contribution < -0.4 is 10.6 Å². The number of rotatable bonds is 6. The van der Waals surface area contributed by atoms with Gasteiger partial charge in [-0.25, -0.2) is 0 Å². The molecule has 24 heavy (non-hydrogen) atoms. The van der Waals surface area contributed by atoms with Gasteiger partial charge < -0.3 is 31.1 Å². The monoisotopic (exact) mass is 330 g/mol. The molecule has 1 aliphatic rings. The number of nitrogens with one attached hydrogen (secondary N) is 2. The maximum atomic E-state index is 10.9. The third kappa shape index (κ3) is 2.85. The summed E-state index contributed by atoms with van der Waals surface area (Å²) in [6, 6.07) is 10.9. The second-order valence-corrected chi connectivity index (χ2v) is 5.72. The maximum absolute atomic E-state index is 10.9. The molecule has 0 aliphatic heterocycles. The summed E-state index contributed by atoms with van der Waals surface area (Å²) in [5.41, 5.74) is 3.88. The van der Waals surface area contributed by atoms with E-state index in [-0.39, 0.29) is 13.2 Å². The molecule has 2 aromatic rings. The Morgan fingerprint density at radius 1 is 0.708 bits per heavy atom. The molecule has 6 nitrogen and oxygen atoms in total. The molecule has 128 valence electrons. The lowest BCUT2D eigenvalue weighted by Gasteiger charge is -2.32. The van der Waals surface area contributed by atoms with Gasteiger partial charge in [0.05, 0.1) is 13.2 Å². The Morgan fingerprint density at radius 3 is 1.50 bits per heavy atom. The second kappa shape index (κ2) is 7.19. The molecule has 0 spiro atoms. The van der Waals surface area contributed by atoms with Crippen molar-refractivity contribution in [1.29, 1.82) is 0 Å². The highest BCUT2D eigenvalue weighted by Crippen LogP contribution is 2.46. The Morgan fingerprint density at radius 2 is 1.12 bits per heavy atom. The zero-order chi connectivity index (χ0) is 17.1. The van der Waals surface area contributed by atoms with E-state index in [1.165, 1.54) is 0 Å². The lowest BCUT2D eigenvalue weighted by molar-refractivity contribution is 0.174. The molecule has 0 saturated heterocycles. The van der Waals surface area contributed by atoms with Gasteiger partial charge in [-0.3, -0.25) is 0 Å². The van der Waals surface area contributed by atoms with Crippen molar-refractivity contribution in [2.45, 2.75) is 12.2 Å². The van der Waals surface area contributed by atoms with Gasteiger partial charge >= 0.3 is 0 Å². The molecule has 0 saturated carbocycles. The molecular weight excluding hydrogens is 308 g/mol. The van der Waals surface area contributed by atoms with Crippen LogP contribution in [0.15, 0.2) is 36.4 Å². The van der Waals surface area contributed by atoms with E-state index in [2.05, 4.69) is 10.6 Å². The normalized spacial score (nSPS) is 18.7. The number of fused-ring (bicyclic) bond motifs is 2. The highest BCUT2D eigenvalue weighted by Gasteiger charge is 2.33. The molecule has 0 radical (unpaired) electrons. The van der Waals surface area contributed by atoms with Gasteiger partial charge in [0.1, 0.15) is 12.2 Å². The molecule has 2 atom stereocenters. The van der Waals surface area contributed by atoms with Crippen molar-refractivity contribution in [2.75, 3.05) is 36.9 Å². The van der Waals surface area contributed by atoms with Crippen LogP contribution in [-0.4, -0.2) is 46.7 Å². The number of aliphatic hydroxyl groups excluding tert-OH is 4. The molecule has 2 aromatic carbocycles. The van der Waals surface area contributed by atoms with Gasteiger partial charge in [-0.1, -0.05) is 24.3 Å². The summed E-state index contributed by atoms with van der Waals surface area (Å²) in [5.74, 6) is 0. The van der Waals surface area contributed by atoms with Crippen molar-refractivity contribution >= 4 is 11.4 Å². The summed E-state index contributed by atoms with van der Waals surface area (Å²) in [6.07, 6.45) is -1.76. The van der Waals surface area contributed by atoms with Crippen LogP contribution in [0.2, 0.25) is 0 Å². The summed E-state index contributed by atoms with van der Waals surface area (Å²) < 4.78 is 0. The van der Waals surface area contributed by atoms with Crippen molar-refractivity contribution in [1.82, 2.24) is 0 Å². The van der Waals surface area contributed by atoms with Crippen molar-refractivity contribution in [2.24, 2.45) is 0 Å². The fraction of sp³-hybridized carbons (Fsp3) is 0.333. The molecule has 0 bridgehead atoms. The van der Waals surface area contributed by atoms with Gasteiger partial charge in [-0.15, -0.1) is 0 Å². The summed E-state index contributed by atoms with van der Waals surface area (Å²) in [6.45, 7) is 0.629. The molecule has 6 N–H and O–H groups in total. The number of aliphatic hydroxyl groups is 4. The summed E-state index contributed by atoms with van der Waals surface area (Å²) in [7, 11) is 0. The Hall–Kier alpha value is -2.12. The second-order valence-electron chi connectivity index (χ2n) is 5.72. The van der Waals surface area contributed by atoms with E-state index >= 15 is 0 Å². The summed E-state index contributed by atoms with van der Waals surface area (Å²) >= 11 is 0. The van der Waals surface area contributed by atoms with Crippen molar-refractivity contribution < 1.29 is 20.4 Å². The van der Waals surface area contributed by atoms with E-state index in [1.807, 2.05) is 12.1 Å². The number of benzene rings is 2. The fourth-order valence-corrected chi connectivity index (χ4v) is 3.23. The van der Waals surface area contributed by atoms with E-state index in [1.54, 1.807) is 24.3 Å². The zero-order valence-corrected chi connectivity index (χ0v) is 13.2. The quantitative estimate of drug-likeness (QED) is 0.472. The zero-order valence-electron chi connectivity index (χ0n) is 13.2. The first kappa shape index (κ1) is 16.7. The highest BCUT2D eigenvalue weighted by molar-refractivity contribution is 5.71. The van der Waals surface area contributed by atoms with Gasteiger partial charge in [-0.2, -0.15) is 0 Å². The molecule has 0 fully saturated rings. The van der Waals surface area contributed by atoms with Crippen LogP contribution in [0.4, 0.5) is 11.4 Å². The van der Waals surface area contributed by atoms with E-state index in [0.29, 0.717) is 46.7 Å². The van der Waals surface area contributed by atoms with Crippen molar-refractivity contribution in [3.63, 3.8) is 0 Å². The highest BCUT2D eigenvalue weighted by atomic mass is 16.3. The predicted octanol–water partition coefficient (Wildman–Crippen LogP) is 0.972. The molecule has 0 amide bonds. The van der Waals surface area contributed by atoms with Crippen LogP contribution in [0.5, 0.6) is 0 Å². The van der Waals surface area contributed by atoms with E-state index in [9.17, 15) is 10.2 Å². The van der Waals surface area contributed by atoms with Gasteiger partial charge in [0.15, 0.2) is 0 Å². The average Bonchev–Trinajstić information content (AvgIpc) is 2.62. The molecule has 0 heterocycles. The smallest absolute Gasteiger partial charge is 0.107 e. The molecular formula is C18H22N2O4. The minimum Gasteiger partial charge on any atom is -0.395 e. The Balaban J connectivity index is 2.14. The molecule has 0 aromatic heterocycles. The number of hydrogen-bond donors (Lipinski definition) is 6. The fourth-order valence-electron chi connectivity index (χ4n) is 3.23. The van der Waals surface area contributed by atoms with Gasteiger partial charge in [0, 0.05) is 35.6 Å². The molecule has 1 aliphatic carbocycles. The van der Waals surface area contributed by atoms with E-state index in [0.717, 1.165) is 0 Å². The standard InChI is InChI=1S/C18H22N2O4/c21-9-7-19-13-5-6-14(20-8-10-22)16-15(13)17(23)11-3-1-2-4-12(11)18(16)24/h1-6,17-24H,7-10H2. The first-order valence-electron chi connectivity index (χ1n) is 8.00. The Kier molecular flexibility index (Phi) is 5.01. The first-order chi connectivity index (χ1) is 11.7. The maximum Gasteiger partial charge on any atom is 0.107 e. The SMILES string of the molecule is OCCNc1ccc(NCCO)c2c1C(O)c1ccccc1C2O. The van der Waals surface area contributed by atoms with Crippen LogP contribution in [0.3, 0.4) is 0 Å². The average molecular weight is 330 g/mol. The minimum absolute atomic E-state index is 0.0332. The topological polar surface area (TPSA) is 105 Å². The minimum atomic E-state index is -0.878. The predicted molar refractivity (Wildman–Crippen MR) is 92.2 cm³/mol. The Labute approximate surface area is 140 Å². The van der Waals surface area contributed by atoms with Crippen LogP contribution in [0.25, 0.3) is 0 Å². The summed E-state index contributed by atoms with van der Waals surface area (Å²) in [4.78, 5) is 0. The Bertz CT molecular complexity index is 660.